The first-order chi connectivity index (χ1) is 9.88. The van der Waals surface area contributed by atoms with E-state index in [0.29, 0.717) is 31.1 Å². The Hall–Kier alpha value is -0.590. The third-order valence-electron chi connectivity index (χ3n) is 2.53. The van der Waals surface area contributed by atoms with E-state index in [4.69, 9.17) is 38.4 Å². The molecule has 126 valence electrons. The molecular formula is C14H21Cl3N2O3. The Morgan fingerprint density at radius 2 is 1.91 bits per heavy atom. The average Bonchev–Trinajstić information content (AvgIpc) is 2.39. The van der Waals surface area contributed by atoms with E-state index in [1.807, 2.05) is 0 Å². The number of nitrogens with two attached hydrogens (primary N) is 1. The largest absolute Gasteiger partial charge is 0.460 e. The lowest BCUT2D eigenvalue weighted by atomic mass is 10.2. The van der Waals surface area contributed by atoms with Gasteiger partial charge in [0.05, 0.1) is 0 Å². The van der Waals surface area contributed by atoms with E-state index in [1.165, 1.54) is 0 Å². The van der Waals surface area contributed by atoms with Gasteiger partial charge in [0, 0.05) is 13.2 Å². The summed E-state index contributed by atoms with van der Waals surface area (Å²) in [6, 6.07) is 2.46. The van der Waals surface area contributed by atoms with Crippen LogP contribution in [0.1, 0.15) is 25.8 Å². The summed E-state index contributed by atoms with van der Waals surface area (Å²) in [6.45, 7) is 5.25. The molecule has 22 heavy (non-hydrogen) atoms. The molecule has 0 aliphatic carbocycles. The van der Waals surface area contributed by atoms with E-state index in [-0.39, 0.29) is 29.3 Å². The molecule has 0 aliphatic heterocycles. The normalized spacial score (nSPS) is 11.9. The molecule has 5 nitrogen and oxygen atoms in total. The van der Waals surface area contributed by atoms with Gasteiger partial charge in [-0.3, -0.25) is 4.79 Å². The molecule has 0 saturated heterocycles. The topological polar surface area (TPSA) is 74.4 Å². The Morgan fingerprint density at radius 1 is 1.32 bits per heavy atom. The number of nitrogens with zero attached hydrogens (tertiary/aromatic N) is 1. The first-order valence-corrected chi connectivity index (χ1v) is 7.46. The van der Waals surface area contributed by atoms with Gasteiger partial charge in [-0.2, -0.15) is 0 Å². The van der Waals surface area contributed by atoms with Crippen LogP contribution in [0.25, 0.3) is 0 Å². The molecule has 1 aromatic rings. The van der Waals surface area contributed by atoms with Crippen LogP contribution in [0.15, 0.2) is 12.1 Å². The Labute approximate surface area is 146 Å². The number of rotatable bonds is 8. The van der Waals surface area contributed by atoms with E-state index in [9.17, 15) is 4.79 Å². The average molecular weight is 372 g/mol. The predicted molar refractivity (Wildman–Crippen MR) is 89.6 cm³/mol. The van der Waals surface area contributed by atoms with Crippen molar-refractivity contribution in [2.45, 2.75) is 32.9 Å². The number of ether oxygens (including phenoxy) is 2. The quantitative estimate of drug-likeness (QED) is 0.431. The predicted octanol–water partition coefficient (Wildman–Crippen LogP) is 3.24. The van der Waals surface area contributed by atoms with Crippen molar-refractivity contribution in [1.82, 2.24) is 4.98 Å². The summed E-state index contributed by atoms with van der Waals surface area (Å²) >= 11 is 11.5. The van der Waals surface area contributed by atoms with Crippen molar-refractivity contribution in [3.8, 4) is 0 Å². The van der Waals surface area contributed by atoms with Crippen molar-refractivity contribution in [2.24, 2.45) is 11.7 Å². The van der Waals surface area contributed by atoms with Crippen LogP contribution in [-0.2, 0) is 20.9 Å². The molecule has 1 atom stereocenters. The highest BCUT2D eigenvalue weighted by Crippen LogP contribution is 2.15. The summed E-state index contributed by atoms with van der Waals surface area (Å²) in [5.41, 5.74) is 6.40. The monoisotopic (exact) mass is 370 g/mol. The molecule has 0 aliphatic rings. The fraction of sp³-hybridized carbons (Fsp3) is 0.571. The van der Waals surface area contributed by atoms with Crippen LogP contribution in [0, 0.1) is 5.92 Å². The van der Waals surface area contributed by atoms with Crippen molar-refractivity contribution in [3.05, 3.63) is 28.0 Å². The van der Waals surface area contributed by atoms with Crippen molar-refractivity contribution in [1.29, 1.82) is 0 Å². The maximum absolute atomic E-state index is 11.7. The summed E-state index contributed by atoms with van der Waals surface area (Å²) in [7, 11) is 0. The van der Waals surface area contributed by atoms with Crippen LogP contribution < -0.4 is 5.73 Å². The summed E-state index contributed by atoms with van der Waals surface area (Å²) in [4.78, 5) is 15.5. The van der Waals surface area contributed by atoms with E-state index in [0.717, 1.165) is 0 Å². The highest BCUT2D eigenvalue weighted by Gasteiger charge is 2.15. The van der Waals surface area contributed by atoms with Gasteiger partial charge in [-0.1, -0.05) is 37.0 Å². The second-order valence-electron chi connectivity index (χ2n) is 5.09. The fourth-order valence-corrected chi connectivity index (χ4v) is 2.01. The number of esters is 1. The Bertz CT molecular complexity index is 452. The first kappa shape index (κ1) is 21.4. The molecule has 1 heterocycles. The van der Waals surface area contributed by atoms with Gasteiger partial charge in [-0.15, -0.1) is 12.4 Å². The van der Waals surface area contributed by atoms with Gasteiger partial charge in [0.25, 0.3) is 0 Å². The fourth-order valence-electron chi connectivity index (χ4n) is 1.51. The van der Waals surface area contributed by atoms with Crippen LogP contribution in [-0.4, -0.2) is 30.2 Å². The van der Waals surface area contributed by atoms with Crippen LogP contribution >= 0.6 is 35.6 Å². The lowest BCUT2D eigenvalue weighted by Gasteiger charge is -2.12. The molecule has 1 aromatic heterocycles. The zero-order valence-corrected chi connectivity index (χ0v) is 14.9. The third-order valence-corrected chi connectivity index (χ3v) is 2.92. The number of hydrogen-bond acceptors (Lipinski definition) is 5. The second kappa shape index (κ2) is 11.0. The molecule has 0 radical (unpaired) electrons. The van der Waals surface area contributed by atoms with Gasteiger partial charge in [-0.05, 0) is 30.0 Å². The van der Waals surface area contributed by atoms with Gasteiger partial charge in [0.2, 0.25) is 0 Å². The Balaban J connectivity index is 0.00000441. The molecule has 0 amide bonds. The van der Waals surface area contributed by atoms with Gasteiger partial charge in [-0.25, -0.2) is 4.98 Å². The number of carbonyl (C=O) groups is 1. The molecule has 2 N–H and O–H groups in total. The summed E-state index contributed by atoms with van der Waals surface area (Å²) in [5.74, 6) is -0.0263. The minimum absolute atomic E-state index is 0. The number of pyridine rings is 1. The van der Waals surface area contributed by atoms with Crippen LogP contribution in [0.4, 0.5) is 0 Å². The molecule has 0 saturated carbocycles. The standard InChI is InChI=1S/C14H20Cl2N2O3.ClH/c1-9(2)7-20-4-3-11(17)14(19)21-8-10-5-12(15)18-13(16)6-10;/h5-6,9,11H,3-4,7-8,17H2,1-2H3;1H/t11-;/m0./s1. The van der Waals surface area contributed by atoms with Crippen molar-refractivity contribution < 1.29 is 14.3 Å². The number of hydrogen-bond donors (Lipinski definition) is 1. The molecule has 0 aromatic carbocycles. The second-order valence-corrected chi connectivity index (χ2v) is 5.87. The number of aromatic nitrogens is 1. The first-order valence-electron chi connectivity index (χ1n) is 6.70. The zero-order chi connectivity index (χ0) is 15.8. The summed E-state index contributed by atoms with van der Waals surface area (Å²) in [6.07, 6.45) is 0.420. The maximum Gasteiger partial charge on any atom is 0.323 e. The zero-order valence-electron chi connectivity index (χ0n) is 12.6. The number of halogens is 3. The Kier molecular flexibility index (Phi) is 10.7. The molecule has 0 bridgehead atoms. The van der Waals surface area contributed by atoms with Crippen molar-refractivity contribution in [3.63, 3.8) is 0 Å². The molecule has 0 spiro atoms. The molecule has 1 rings (SSSR count). The van der Waals surface area contributed by atoms with Gasteiger partial charge >= 0.3 is 5.97 Å². The van der Waals surface area contributed by atoms with Crippen molar-refractivity contribution in [2.75, 3.05) is 13.2 Å². The minimum atomic E-state index is -0.704. The summed E-state index contributed by atoms with van der Waals surface area (Å²) < 4.78 is 10.5. The number of carbonyl (C=O) groups excluding carboxylic acids is 1. The lowest BCUT2D eigenvalue weighted by Crippen LogP contribution is -2.33. The van der Waals surface area contributed by atoms with Crippen molar-refractivity contribution >= 4 is 41.6 Å². The lowest BCUT2D eigenvalue weighted by molar-refractivity contribution is -0.147. The third kappa shape index (κ3) is 8.76. The van der Waals surface area contributed by atoms with Gasteiger partial charge in [0.15, 0.2) is 0 Å². The van der Waals surface area contributed by atoms with Crippen LogP contribution in [0.3, 0.4) is 0 Å². The van der Waals surface area contributed by atoms with Crippen LogP contribution in [0.5, 0.6) is 0 Å². The van der Waals surface area contributed by atoms with E-state index < -0.39 is 12.0 Å². The highest BCUT2D eigenvalue weighted by molar-refractivity contribution is 6.32. The van der Waals surface area contributed by atoms with Gasteiger partial charge in [0.1, 0.15) is 23.0 Å². The summed E-state index contributed by atoms with van der Waals surface area (Å²) in [5, 5.41) is 0.500. The van der Waals surface area contributed by atoms with E-state index in [1.54, 1.807) is 12.1 Å². The molecule has 0 fully saturated rings. The molecule has 0 unspecified atom stereocenters. The van der Waals surface area contributed by atoms with E-state index in [2.05, 4.69) is 18.8 Å². The smallest absolute Gasteiger partial charge is 0.323 e. The molecule has 8 heteroatoms. The SMILES string of the molecule is CC(C)COCC[C@H](N)C(=O)OCc1cc(Cl)nc(Cl)c1.Cl. The maximum atomic E-state index is 11.7. The minimum Gasteiger partial charge on any atom is -0.460 e. The highest BCUT2D eigenvalue weighted by atomic mass is 35.5. The Morgan fingerprint density at radius 3 is 2.45 bits per heavy atom. The van der Waals surface area contributed by atoms with Gasteiger partial charge < -0.3 is 15.2 Å². The van der Waals surface area contributed by atoms with Crippen LogP contribution in [0.2, 0.25) is 10.3 Å². The molecular weight excluding hydrogens is 351 g/mol. The van der Waals surface area contributed by atoms with E-state index >= 15 is 0 Å².